The molecule has 0 amide bonds. The summed E-state index contributed by atoms with van der Waals surface area (Å²) in [6, 6.07) is -0.425. The van der Waals surface area contributed by atoms with Crippen LogP contribution in [0.5, 0.6) is 0 Å². The summed E-state index contributed by atoms with van der Waals surface area (Å²) in [5.74, 6) is 0.721. The molecular formula is C18H28BNO6. The van der Waals surface area contributed by atoms with Gasteiger partial charge in [-0.25, -0.2) is 9.59 Å². The van der Waals surface area contributed by atoms with Crippen LogP contribution in [-0.2, 0) is 23.6 Å². The van der Waals surface area contributed by atoms with E-state index >= 15 is 0 Å². The van der Waals surface area contributed by atoms with Crippen molar-refractivity contribution >= 4 is 19.1 Å². The third-order valence-corrected chi connectivity index (χ3v) is 7.47. The molecule has 8 heteroatoms. The van der Waals surface area contributed by atoms with Gasteiger partial charge in [0.05, 0.1) is 12.6 Å². The van der Waals surface area contributed by atoms with Gasteiger partial charge in [-0.3, -0.25) is 0 Å². The lowest BCUT2D eigenvalue weighted by Gasteiger charge is -2.66. The quantitative estimate of drug-likeness (QED) is 0.340. The van der Waals surface area contributed by atoms with Crippen molar-refractivity contribution in [2.75, 3.05) is 19.7 Å². The number of carbonyl (C=O) groups excluding carboxylic acids is 2. The maximum Gasteiger partial charge on any atom is 0.632 e. The van der Waals surface area contributed by atoms with Crippen LogP contribution >= 0.6 is 0 Å². The van der Waals surface area contributed by atoms with Crippen LogP contribution < -0.4 is 0 Å². The zero-order valence-electron chi connectivity index (χ0n) is 15.7. The third kappa shape index (κ3) is 2.77. The molecule has 2 bridgehead atoms. The van der Waals surface area contributed by atoms with Crippen molar-refractivity contribution in [1.29, 1.82) is 0 Å². The molecule has 2 heterocycles. The highest BCUT2D eigenvalue weighted by molar-refractivity contribution is 6.51. The highest BCUT2D eigenvalue weighted by Crippen LogP contribution is 2.62. The Kier molecular flexibility index (Phi) is 4.17. The second-order valence-electron chi connectivity index (χ2n) is 9.23. The SMILES string of the molecule is [CH2-][N+]1([C@@H]2C[C@@H]3CC([C@H]2C)C3(C)C)CC(=O)OB(C2O[C@H]2CO)OC(=O)C1. The van der Waals surface area contributed by atoms with Gasteiger partial charge in [0.25, 0.3) is 0 Å². The van der Waals surface area contributed by atoms with Gasteiger partial charge in [0, 0.05) is 12.3 Å². The van der Waals surface area contributed by atoms with Gasteiger partial charge >= 0.3 is 19.1 Å². The van der Waals surface area contributed by atoms with E-state index in [9.17, 15) is 9.59 Å². The number of hydrogen-bond donors (Lipinski definition) is 1. The number of epoxide rings is 1. The zero-order valence-corrected chi connectivity index (χ0v) is 15.7. The van der Waals surface area contributed by atoms with Crippen LogP contribution in [0.3, 0.4) is 0 Å². The molecule has 2 saturated heterocycles. The van der Waals surface area contributed by atoms with E-state index < -0.39 is 31.2 Å². The average Bonchev–Trinajstić information content (AvgIpc) is 3.31. The van der Waals surface area contributed by atoms with Crippen molar-refractivity contribution in [3.05, 3.63) is 7.05 Å². The monoisotopic (exact) mass is 365 g/mol. The Hall–Kier alpha value is -1.12. The fraction of sp³-hybridized carbons (Fsp3) is 0.833. The third-order valence-electron chi connectivity index (χ3n) is 7.47. The van der Waals surface area contributed by atoms with E-state index in [1.807, 2.05) is 0 Å². The normalized spacial score (nSPS) is 43.5. The predicted octanol–water partition coefficient (Wildman–Crippen LogP) is 0.553. The molecule has 1 N–H and O–H groups in total. The smallest absolute Gasteiger partial charge is 0.493 e. The first-order valence-electron chi connectivity index (χ1n) is 9.52. The molecule has 3 aliphatic carbocycles. The number of rotatable bonds is 3. The number of hydrogen-bond acceptors (Lipinski definition) is 6. The Morgan fingerprint density at radius 1 is 1.23 bits per heavy atom. The zero-order chi connectivity index (χ0) is 18.9. The second kappa shape index (κ2) is 5.94. The summed E-state index contributed by atoms with van der Waals surface area (Å²) in [5, 5.41) is 9.10. The van der Waals surface area contributed by atoms with E-state index in [0.717, 1.165) is 6.42 Å². The van der Waals surface area contributed by atoms with Crippen LogP contribution in [0, 0.1) is 30.2 Å². The number of aliphatic hydroxyl groups excluding tert-OH is 1. The molecule has 144 valence electrons. The van der Waals surface area contributed by atoms with Gasteiger partial charge in [-0.15, -0.1) is 7.05 Å². The molecule has 5 fully saturated rings. The van der Waals surface area contributed by atoms with Crippen molar-refractivity contribution in [2.45, 2.75) is 51.8 Å². The summed E-state index contributed by atoms with van der Waals surface area (Å²) in [4.78, 5) is 25.0. The van der Waals surface area contributed by atoms with Crippen LogP contribution in [0.25, 0.3) is 0 Å². The van der Waals surface area contributed by atoms with Crippen molar-refractivity contribution in [3.8, 4) is 0 Å². The Morgan fingerprint density at radius 2 is 1.85 bits per heavy atom. The van der Waals surface area contributed by atoms with Gasteiger partial charge in [0.2, 0.25) is 0 Å². The highest BCUT2D eigenvalue weighted by atomic mass is 16.7. The molecule has 0 aromatic heterocycles. The molecule has 0 aromatic carbocycles. The molecule has 5 rings (SSSR count). The Balaban J connectivity index is 1.49. The first-order valence-corrected chi connectivity index (χ1v) is 9.52. The van der Waals surface area contributed by atoms with Crippen molar-refractivity contribution in [1.82, 2.24) is 0 Å². The van der Waals surface area contributed by atoms with Crippen molar-refractivity contribution in [2.24, 2.45) is 23.2 Å². The van der Waals surface area contributed by atoms with E-state index in [4.69, 9.17) is 19.2 Å². The topological polar surface area (TPSA) is 85.4 Å². The summed E-state index contributed by atoms with van der Waals surface area (Å²) in [7, 11) is 3.22. The molecule has 6 atom stereocenters. The van der Waals surface area contributed by atoms with Gasteiger partial charge in [0.15, 0.2) is 13.1 Å². The molecular weight excluding hydrogens is 337 g/mol. The van der Waals surface area contributed by atoms with Gasteiger partial charge < -0.3 is 23.6 Å². The van der Waals surface area contributed by atoms with Gasteiger partial charge in [-0.05, 0) is 23.7 Å². The molecule has 26 heavy (non-hydrogen) atoms. The minimum atomic E-state index is -1.07. The minimum Gasteiger partial charge on any atom is -0.493 e. The van der Waals surface area contributed by atoms with Crippen LogP contribution in [0.4, 0.5) is 0 Å². The number of ether oxygens (including phenoxy) is 1. The Labute approximate surface area is 154 Å². The standard InChI is InChI=1S/C18H28BNO6/c1-10-12-5-11(18(12,2)3)6-13(10)20(4)7-15(22)25-19(26-16(23)8-20)17-14(9-21)24-17/h10-14,17,21H,4-9H2,1-3H3/t10-,11+,12?,13-,14+,17?/m1/s1. The lowest BCUT2D eigenvalue weighted by molar-refractivity contribution is -0.904. The number of fused-ring (bicyclic) bond motifs is 2. The van der Waals surface area contributed by atoms with E-state index in [0.29, 0.717) is 23.2 Å². The fourth-order valence-corrected chi connectivity index (χ4v) is 5.68. The summed E-state index contributed by atoms with van der Waals surface area (Å²) >= 11 is 0. The largest absolute Gasteiger partial charge is 0.632 e. The molecule has 2 aliphatic heterocycles. The van der Waals surface area contributed by atoms with Crippen molar-refractivity contribution in [3.63, 3.8) is 0 Å². The summed E-state index contributed by atoms with van der Waals surface area (Å²) < 4.78 is 16.0. The molecule has 2 unspecified atom stereocenters. The number of aliphatic hydroxyl groups is 1. The van der Waals surface area contributed by atoms with Crippen LogP contribution in [-0.4, -0.2) is 66.5 Å². The average molecular weight is 365 g/mol. The molecule has 0 spiro atoms. The lowest BCUT2D eigenvalue weighted by Crippen LogP contribution is -2.68. The number of carbonyl (C=O) groups is 2. The maximum absolute atomic E-state index is 12.5. The fourth-order valence-electron chi connectivity index (χ4n) is 5.68. The Bertz CT molecular complexity index is 605. The maximum atomic E-state index is 12.5. The van der Waals surface area contributed by atoms with Crippen LogP contribution in [0.2, 0.25) is 0 Å². The van der Waals surface area contributed by atoms with E-state index in [1.165, 1.54) is 6.42 Å². The molecule has 5 aliphatic rings. The molecule has 7 nitrogen and oxygen atoms in total. The number of nitrogens with zero attached hydrogens (tertiary/aromatic N) is 1. The summed E-state index contributed by atoms with van der Waals surface area (Å²) in [6.07, 6.45) is 1.76. The first-order chi connectivity index (χ1) is 12.2. The van der Waals surface area contributed by atoms with Crippen LogP contribution in [0.1, 0.15) is 33.6 Å². The first kappa shape index (κ1) is 18.3. The lowest BCUT2D eigenvalue weighted by atomic mass is 9.44. The van der Waals surface area contributed by atoms with Crippen LogP contribution in [0.15, 0.2) is 0 Å². The van der Waals surface area contributed by atoms with E-state index in [2.05, 4.69) is 27.8 Å². The molecule has 0 aromatic rings. The second-order valence-corrected chi connectivity index (χ2v) is 9.23. The van der Waals surface area contributed by atoms with Gasteiger partial charge in [-0.1, -0.05) is 20.8 Å². The predicted molar refractivity (Wildman–Crippen MR) is 92.0 cm³/mol. The summed E-state index contributed by atoms with van der Waals surface area (Å²) in [6.45, 7) is 6.77. The van der Waals surface area contributed by atoms with E-state index in [-0.39, 0.29) is 30.2 Å². The molecule has 0 radical (unpaired) electrons. The van der Waals surface area contributed by atoms with Gasteiger partial charge in [0.1, 0.15) is 12.1 Å². The highest BCUT2D eigenvalue weighted by Gasteiger charge is 2.61. The summed E-state index contributed by atoms with van der Waals surface area (Å²) in [5.41, 5.74) is 0.326. The van der Waals surface area contributed by atoms with Crippen molar-refractivity contribution < 1.29 is 33.2 Å². The molecule has 3 saturated carbocycles. The minimum absolute atomic E-state index is 0.0526. The number of quaternary nitrogens is 1. The Morgan fingerprint density at radius 3 is 2.31 bits per heavy atom. The van der Waals surface area contributed by atoms with Gasteiger partial charge in [-0.2, -0.15) is 0 Å². The van der Waals surface area contributed by atoms with E-state index in [1.54, 1.807) is 0 Å².